The van der Waals surface area contributed by atoms with Gasteiger partial charge in [0.25, 0.3) is 0 Å². The molecule has 0 saturated carbocycles. The third kappa shape index (κ3) is 11.4. The summed E-state index contributed by atoms with van der Waals surface area (Å²) >= 11 is 0. The number of hydrogen-bond donors (Lipinski definition) is 2. The van der Waals surface area contributed by atoms with Crippen LogP contribution in [0.5, 0.6) is 0 Å². The van der Waals surface area contributed by atoms with E-state index in [9.17, 15) is 4.57 Å². The third-order valence-electron chi connectivity index (χ3n) is 0.173. The molecule has 0 rings (SSSR count). The Balaban J connectivity index is 0. The molecule has 0 heterocycles. The van der Waals surface area contributed by atoms with E-state index in [0.29, 0.717) is 0 Å². The molecule has 2 N–H and O–H groups in total. The average Bonchev–Trinajstić information content (AvgIpc) is 1.21. The van der Waals surface area contributed by atoms with Gasteiger partial charge in [-0.05, 0) is 0 Å². The van der Waals surface area contributed by atoms with E-state index in [1.54, 1.807) is 0 Å². The first kappa shape index (κ1) is 11.6. The maximum atomic E-state index is 9.47. The summed E-state index contributed by atoms with van der Waals surface area (Å²) in [5.74, 6) is 0. The summed E-state index contributed by atoms with van der Waals surface area (Å²) in [4.78, 5) is 24.4. The van der Waals surface area contributed by atoms with Crippen LogP contribution in [-0.4, -0.2) is 14.9 Å². The van der Waals surface area contributed by atoms with Crippen molar-refractivity contribution in [2.45, 2.75) is 0 Å². The van der Waals surface area contributed by atoms with Crippen LogP contribution in [0.1, 0.15) is 0 Å². The second-order valence-electron chi connectivity index (χ2n) is 0.796. The van der Waals surface area contributed by atoms with Crippen molar-refractivity contribution in [2.75, 3.05) is 0 Å². The monoisotopic (exact) mass is 206 g/mol. The van der Waals surface area contributed by atoms with Gasteiger partial charge in [-0.2, -0.15) is 4.62 Å². The van der Waals surface area contributed by atoms with E-state index >= 15 is 0 Å². The summed E-state index contributed by atoms with van der Waals surface area (Å²) in [5.41, 5.74) is 0. The van der Waals surface area contributed by atoms with Crippen LogP contribution in [0.2, 0.25) is 0 Å². The van der Waals surface area contributed by atoms with Crippen LogP contribution in [0.4, 0.5) is 0 Å². The second-order valence-corrected chi connectivity index (χ2v) is 1.94. The fraction of sp³-hybridized carbons (Fsp3) is 0. The largest absolute Gasteiger partial charge is 0.501 e. The minimum atomic E-state index is -4.92. The Labute approximate surface area is 59.8 Å². The van der Waals surface area contributed by atoms with E-state index in [1.165, 1.54) is 0 Å². The zero-order chi connectivity index (χ0) is 6.78. The minimum absolute atomic E-state index is 0. The molecule has 0 bridgehead atoms. The average molecular weight is 207 g/mol. The fourth-order valence-corrected chi connectivity index (χ4v) is 0.261. The van der Waals surface area contributed by atoms with Crippen molar-refractivity contribution in [1.82, 2.24) is 0 Å². The zero-order valence-electron chi connectivity index (χ0n) is 3.72. The van der Waals surface area contributed by atoms with E-state index in [0.717, 1.165) is 0 Å². The van der Waals surface area contributed by atoms with Gasteiger partial charge in [0, 0.05) is 17.1 Å². The molecule has 0 saturated heterocycles. The second kappa shape index (κ2) is 3.81. The van der Waals surface area contributed by atoms with Crippen LogP contribution in [-0.2, 0) is 26.3 Å². The first-order valence-electron chi connectivity index (χ1n) is 1.31. The predicted molar refractivity (Wildman–Crippen MR) is 20.1 cm³/mol. The molecule has 0 aliphatic heterocycles. The molecule has 9 heteroatoms. The van der Waals surface area contributed by atoms with Gasteiger partial charge in [0.1, 0.15) is 0 Å². The van der Waals surface area contributed by atoms with E-state index in [1.807, 2.05) is 0 Å². The molecule has 0 amide bonds. The molecule has 0 aliphatic rings. The minimum Gasteiger partial charge on any atom is -0.305 e. The molecule has 0 unspecified atom stereocenters. The molecule has 59 valence electrons. The van der Waals surface area contributed by atoms with E-state index < -0.39 is 12.9 Å². The van der Waals surface area contributed by atoms with Crippen molar-refractivity contribution >= 4 is 7.82 Å². The van der Waals surface area contributed by atoms with Crippen molar-refractivity contribution in [3.63, 3.8) is 0 Å². The van der Waals surface area contributed by atoms with Gasteiger partial charge >= 0.3 is 12.9 Å². The van der Waals surface area contributed by atoms with Gasteiger partial charge in [-0.25, -0.2) is 4.57 Å². The van der Waals surface area contributed by atoms with Crippen LogP contribution in [0.15, 0.2) is 0 Å². The summed E-state index contributed by atoms with van der Waals surface area (Å²) in [6.45, 7) is 0. The molecule has 0 aromatic carbocycles. The smallest absolute Gasteiger partial charge is 0.305 e. The van der Waals surface area contributed by atoms with Gasteiger partial charge in [0.05, 0.1) is 0 Å². The normalized spacial score (nSPS) is 9.56. The fourth-order valence-electron chi connectivity index (χ4n) is 0.0868. The molecular formula is H2CuNO6P. The quantitative estimate of drug-likeness (QED) is 0.267. The Morgan fingerprint density at radius 2 is 1.89 bits per heavy atom. The standard InChI is InChI=1S/Cu.H2NO6P/c;2-1(3)7-8(4,5)6/h;(H2,4,5,6). The Hall–Kier alpha value is -0.131. The molecule has 0 fully saturated rings. The summed E-state index contributed by atoms with van der Waals surface area (Å²) in [7, 11) is -4.92. The molecule has 7 nitrogen and oxygen atoms in total. The summed E-state index contributed by atoms with van der Waals surface area (Å²) in [5, 5.41) is 7.55. The third-order valence-corrected chi connectivity index (χ3v) is 0.519. The van der Waals surface area contributed by atoms with E-state index in [-0.39, 0.29) is 17.1 Å². The zero-order valence-corrected chi connectivity index (χ0v) is 5.56. The number of hydrogen-bond acceptors (Lipinski definition) is 4. The molecular weight excluding hydrogens is 205 g/mol. The molecule has 9 heavy (non-hydrogen) atoms. The van der Waals surface area contributed by atoms with Gasteiger partial charge in [-0.15, -0.1) is 10.1 Å². The summed E-state index contributed by atoms with van der Waals surface area (Å²) < 4.78 is 12.3. The van der Waals surface area contributed by atoms with Gasteiger partial charge in [-0.1, -0.05) is 0 Å². The van der Waals surface area contributed by atoms with Gasteiger partial charge < -0.3 is 9.79 Å². The van der Waals surface area contributed by atoms with Gasteiger partial charge in [-0.3, -0.25) is 0 Å². The van der Waals surface area contributed by atoms with Gasteiger partial charge in [0.15, 0.2) is 0 Å². The van der Waals surface area contributed by atoms with Crippen molar-refractivity contribution in [3.05, 3.63) is 10.1 Å². The van der Waals surface area contributed by atoms with Crippen LogP contribution in [0, 0.1) is 10.1 Å². The van der Waals surface area contributed by atoms with Crippen molar-refractivity contribution in [1.29, 1.82) is 0 Å². The first-order chi connectivity index (χ1) is 3.42. The van der Waals surface area contributed by atoms with Crippen molar-refractivity contribution < 1.29 is 41.1 Å². The predicted octanol–water partition coefficient (Wildman–Crippen LogP) is -0.715. The maximum Gasteiger partial charge on any atom is 0.501 e. The Morgan fingerprint density at radius 3 is 1.89 bits per heavy atom. The van der Waals surface area contributed by atoms with E-state index in [4.69, 9.17) is 19.9 Å². The topological polar surface area (TPSA) is 110 Å². The van der Waals surface area contributed by atoms with Crippen LogP contribution in [0.25, 0.3) is 0 Å². The molecule has 0 aromatic rings. The maximum absolute atomic E-state index is 9.47. The molecule has 0 spiro atoms. The van der Waals surface area contributed by atoms with E-state index in [2.05, 4.69) is 4.62 Å². The number of phosphoric acid groups is 1. The SMILES string of the molecule is O=[N+]([O-])OP(=O)(O)O.[Cu]. The van der Waals surface area contributed by atoms with Crippen molar-refractivity contribution in [2.24, 2.45) is 0 Å². The first-order valence-corrected chi connectivity index (χ1v) is 2.84. The van der Waals surface area contributed by atoms with Crippen molar-refractivity contribution in [3.8, 4) is 0 Å². The number of nitrogens with zero attached hydrogens (tertiary/aromatic N) is 1. The molecule has 0 aliphatic carbocycles. The molecule has 0 atom stereocenters. The van der Waals surface area contributed by atoms with Crippen LogP contribution >= 0.6 is 7.82 Å². The van der Waals surface area contributed by atoms with Crippen LogP contribution in [0.3, 0.4) is 0 Å². The van der Waals surface area contributed by atoms with Crippen LogP contribution < -0.4 is 0 Å². The Bertz CT molecular complexity index is 136. The van der Waals surface area contributed by atoms with Gasteiger partial charge in [0.2, 0.25) is 0 Å². The summed E-state index contributed by atoms with van der Waals surface area (Å²) in [6.07, 6.45) is 0. The Kier molecular flexibility index (Phi) is 4.93. The molecule has 1 radical (unpaired) electrons. The number of rotatable bonds is 2. The Morgan fingerprint density at radius 1 is 1.56 bits per heavy atom. The molecule has 0 aromatic heterocycles. The summed E-state index contributed by atoms with van der Waals surface area (Å²) in [6, 6.07) is 0.